The van der Waals surface area contributed by atoms with Gasteiger partial charge in [0.25, 0.3) is 0 Å². The van der Waals surface area contributed by atoms with Crippen LogP contribution in [0.1, 0.15) is 19.3 Å². The fourth-order valence-electron chi connectivity index (χ4n) is 0.795. The molecule has 2 N–H and O–H groups in total. The molecule has 0 heterocycles. The molecule has 0 spiro atoms. The van der Waals surface area contributed by atoms with Crippen molar-refractivity contribution in [3.63, 3.8) is 0 Å². The van der Waals surface area contributed by atoms with Crippen LogP contribution >= 0.6 is 0 Å². The van der Waals surface area contributed by atoms with Gasteiger partial charge in [-0.3, -0.25) is 0 Å². The molecule has 1 saturated carbocycles. The zero-order chi connectivity index (χ0) is 8.43. The summed E-state index contributed by atoms with van der Waals surface area (Å²) >= 11 is -2.74. The average molecular weight is 340 g/mol. The van der Waals surface area contributed by atoms with Crippen molar-refractivity contribution >= 4 is 8.72 Å². The first-order valence-electron chi connectivity index (χ1n) is 3.17. The minimum absolute atomic E-state index is 0.0231. The number of rotatable bonds is 3. The van der Waals surface area contributed by atoms with Crippen molar-refractivity contribution < 1.29 is 37.1 Å². The van der Waals surface area contributed by atoms with Crippen LogP contribution in [0.25, 0.3) is 0 Å². The predicted octanol–water partition coefficient (Wildman–Crippen LogP) is 1.93. The van der Waals surface area contributed by atoms with Crippen LogP contribution < -0.4 is 0 Å². The zero-order valence-electron chi connectivity index (χ0n) is 5.73. The predicted molar refractivity (Wildman–Crippen MR) is 33.7 cm³/mol. The van der Waals surface area contributed by atoms with Gasteiger partial charge in [-0.25, -0.2) is 0 Å². The molecule has 0 aromatic rings. The molecule has 0 saturated heterocycles. The minimum atomic E-state index is -2.74. The summed E-state index contributed by atoms with van der Waals surface area (Å²) < 4.78 is -2.07. The van der Waals surface area contributed by atoms with Crippen molar-refractivity contribution in [1.29, 1.82) is 0 Å². The summed E-state index contributed by atoms with van der Waals surface area (Å²) in [7, 11) is 0. The molecule has 1 aliphatic carbocycles. The van der Waals surface area contributed by atoms with Crippen molar-refractivity contribution in [2.75, 3.05) is 0 Å². The van der Waals surface area contributed by atoms with Gasteiger partial charge in [0.15, 0.2) is 0 Å². The molecule has 1 rings (SSSR count). The summed E-state index contributed by atoms with van der Waals surface area (Å²) in [6, 6.07) is 0. The summed E-state index contributed by atoms with van der Waals surface area (Å²) in [4.78, 5) is 20.9. The Labute approximate surface area is 69.8 Å². The van der Waals surface area contributed by atoms with E-state index >= 15 is 0 Å². The monoisotopic (exact) mass is 340 g/mol. The molecule has 4 nitrogen and oxygen atoms in total. The fourth-order valence-corrected chi connectivity index (χ4v) is 5.04. The summed E-state index contributed by atoms with van der Waals surface area (Å²) in [6.45, 7) is 0. The molecule has 11 heavy (non-hydrogen) atoms. The van der Waals surface area contributed by atoms with Gasteiger partial charge in [0.2, 0.25) is 0 Å². The van der Waals surface area contributed by atoms with Crippen LogP contribution in [0.5, 0.6) is 0 Å². The van der Waals surface area contributed by atoms with Crippen LogP contribution in [-0.4, -0.2) is 18.9 Å². The van der Waals surface area contributed by atoms with Gasteiger partial charge in [-0.05, 0) is 0 Å². The van der Waals surface area contributed by atoms with Gasteiger partial charge in [-0.1, -0.05) is 0 Å². The first kappa shape index (κ1) is 8.72. The van der Waals surface area contributed by atoms with Crippen molar-refractivity contribution in [2.24, 2.45) is 0 Å². The zero-order valence-corrected chi connectivity index (χ0v) is 8.00. The van der Waals surface area contributed by atoms with Crippen molar-refractivity contribution in [3.05, 3.63) is 0 Å². The number of carboxylic acid groups (broad SMARTS) is 2. The Kier molecular flexibility index (Phi) is 2.66. The molecule has 0 atom stereocenters. The Bertz CT molecular complexity index is 173. The van der Waals surface area contributed by atoms with Crippen LogP contribution in [0.4, 0.5) is 9.59 Å². The normalized spacial score (nSPS) is 18.7. The van der Waals surface area contributed by atoms with Gasteiger partial charge in [0, 0.05) is 0 Å². The second kappa shape index (κ2) is 3.35. The molecule has 0 amide bonds. The molecule has 0 aromatic heterocycles. The molecule has 0 aliphatic heterocycles. The van der Waals surface area contributed by atoms with E-state index in [1.807, 2.05) is 0 Å². The third-order valence-electron chi connectivity index (χ3n) is 1.55. The van der Waals surface area contributed by atoms with Crippen molar-refractivity contribution in [1.82, 2.24) is 0 Å². The van der Waals surface area contributed by atoms with E-state index in [-0.39, 0.29) is 4.31 Å². The Morgan fingerprint density at radius 3 is 1.73 bits per heavy atom. The fraction of sp³-hybridized carbons (Fsp3) is 0.667. The van der Waals surface area contributed by atoms with E-state index in [0.717, 1.165) is 19.3 Å². The SMILES string of the molecule is O=[C](O)[Pt]([C](=O)O)[CH]1CCC1. The molecular weight excluding hydrogens is 331 g/mol. The first-order chi connectivity index (χ1) is 5.13. The Hall–Kier alpha value is -0.372. The van der Waals surface area contributed by atoms with Crippen molar-refractivity contribution in [2.45, 2.75) is 23.6 Å². The van der Waals surface area contributed by atoms with Gasteiger partial charge in [-0.15, -0.1) is 0 Å². The van der Waals surface area contributed by atoms with E-state index in [0.29, 0.717) is 0 Å². The molecule has 67 valence electrons. The summed E-state index contributed by atoms with van der Waals surface area (Å²) in [5.41, 5.74) is 0. The summed E-state index contributed by atoms with van der Waals surface area (Å²) in [6.07, 6.45) is 2.62. The molecule has 5 heteroatoms. The molecule has 0 radical (unpaired) electrons. The molecular formula is C6H9O4Pt. The second-order valence-corrected chi connectivity index (χ2v) is 7.87. The third-order valence-corrected chi connectivity index (χ3v) is 6.81. The van der Waals surface area contributed by atoms with Crippen LogP contribution in [0.15, 0.2) is 0 Å². The van der Waals surface area contributed by atoms with Gasteiger partial charge in [-0.2, -0.15) is 0 Å². The van der Waals surface area contributed by atoms with Gasteiger partial charge >= 0.3 is 69.4 Å². The number of hydrogen-bond acceptors (Lipinski definition) is 2. The first-order valence-corrected chi connectivity index (χ1v) is 6.75. The number of hydrogen-bond donors (Lipinski definition) is 2. The van der Waals surface area contributed by atoms with E-state index in [1.54, 1.807) is 0 Å². The maximum atomic E-state index is 10.5. The van der Waals surface area contributed by atoms with Crippen molar-refractivity contribution in [3.8, 4) is 0 Å². The topological polar surface area (TPSA) is 74.6 Å². The van der Waals surface area contributed by atoms with Gasteiger partial charge < -0.3 is 0 Å². The van der Waals surface area contributed by atoms with Gasteiger partial charge in [0.05, 0.1) is 0 Å². The van der Waals surface area contributed by atoms with Crippen LogP contribution in [0, 0.1) is 0 Å². The molecule has 0 aromatic carbocycles. The van der Waals surface area contributed by atoms with E-state index < -0.39 is 26.0 Å². The molecule has 0 unspecified atom stereocenters. The maximum absolute atomic E-state index is 10.5. The molecule has 1 fully saturated rings. The Balaban J connectivity index is 2.58. The summed E-state index contributed by atoms with van der Waals surface area (Å²) in [5, 5.41) is 17.1. The van der Waals surface area contributed by atoms with Crippen LogP contribution in [-0.2, 0) is 17.3 Å². The average Bonchev–Trinajstić information content (AvgIpc) is 1.75. The van der Waals surface area contributed by atoms with Gasteiger partial charge in [0.1, 0.15) is 0 Å². The van der Waals surface area contributed by atoms with Crippen LogP contribution in [0.2, 0.25) is 4.31 Å². The summed E-state index contributed by atoms with van der Waals surface area (Å²) in [5.74, 6) is 0. The van der Waals surface area contributed by atoms with E-state index in [2.05, 4.69) is 0 Å². The van der Waals surface area contributed by atoms with E-state index in [4.69, 9.17) is 10.2 Å². The second-order valence-electron chi connectivity index (χ2n) is 2.19. The number of carbonyl (C=O) groups is 2. The standard InChI is InChI=1S/C4H7.2CHO2.Pt/c1-2-4-3-1;2*2-1-3;/h1H,2-4H2;2*(H,2,3);. The molecule has 0 bridgehead atoms. The molecule has 1 aliphatic rings. The van der Waals surface area contributed by atoms with E-state index in [9.17, 15) is 9.59 Å². The quantitative estimate of drug-likeness (QED) is 0.823. The third kappa shape index (κ3) is 1.80. The Morgan fingerprint density at radius 1 is 1.18 bits per heavy atom. The van der Waals surface area contributed by atoms with E-state index in [1.165, 1.54) is 0 Å². The Morgan fingerprint density at radius 2 is 1.64 bits per heavy atom. The van der Waals surface area contributed by atoms with Crippen LogP contribution in [0.3, 0.4) is 0 Å².